The van der Waals surface area contributed by atoms with Crippen molar-refractivity contribution < 1.29 is 67.2 Å². The number of esters is 1. The number of fused-ring (bicyclic) bond motifs is 1. The molecule has 0 saturated carbocycles. The Morgan fingerprint density at radius 1 is 1.00 bits per heavy atom. The lowest BCUT2D eigenvalue weighted by atomic mass is 9.77. The summed E-state index contributed by atoms with van der Waals surface area (Å²) in [6.45, 7) is 18.6. The normalized spacial score (nSPS) is 42.1. The lowest BCUT2D eigenvalue weighted by molar-refractivity contribution is -0.317. The first-order valence-corrected chi connectivity index (χ1v) is 23.5. The Labute approximate surface area is 391 Å². The first-order chi connectivity index (χ1) is 30.9. The second-order valence-electron chi connectivity index (χ2n) is 20.1. The molecule has 1 amide bonds. The summed E-state index contributed by atoms with van der Waals surface area (Å²) in [7, 11) is 7.18. The molecule has 5 rings (SSSR count). The summed E-state index contributed by atoms with van der Waals surface area (Å²) in [4.78, 5) is 44.6. The van der Waals surface area contributed by atoms with Crippen molar-refractivity contribution in [3.8, 4) is 0 Å². The smallest absolute Gasteiger partial charge is 0.458 e. The van der Waals surface area contributed by atoms with Gasteiger partial charge in [-0.1, -0.05) is 51.1 Å². The number of hydrazone groups is 1. The van der Waals surface area contributed by atoms with Gasteiger partial charge in [0.2, 0.25) is 0 Å². The molecular formula is C48H78N4O14. The lowest BCUT2D eigenvalue weighted by Crippen LogP contribution is -2.61. The number of aliphatic hydroxyl groups excluding tert-OH is 1. The molecule has 18 nitrogen and oxygen atoms in total. The molecule has 1 unspecified atom stereocenters. The number of aliphatic hydroxyl groups is 2. The van der Waals surface area contributed by atoms with E-state index in [2.05, 4.69) is 10.5 Å². The van der Waals surface area contributed by atoms with E-state index >= 15 is 0 Å². The van der Waals surface area contributed by atoms with Crippen LogP contribution in [0.5, 0.6) is 0 Å². The summed E-state index contributed by atoms with van der Waals surface area (Å²) in [6, 6.07) is 8.99. The minimum Gasteiger partial charge on any atom is -0.458 e. The standard InChI is InChI=1S/C48H78N4O14/c1-15-35-48(10)40(65-45(56)66-48)31(6)52(13)26-27(2)24-46(8,57)39(63-43-37(53)34(51(11)12)23-28(3)59-43)29(4)38(30(5)42(54)61-35)62-36-25-47(9,58-14)41(32(7)60-36)64-44(55)50-49-22-21-33-19-17-16-18-20-33/h16-20,22,27-32,34-41,43,53,57H,15,21,23-26H2,1-14H3,(H,50,55)/b49-22+/t27-,28-,29+,30-,31-,32+,34+,35-,36+,37-,38+,39-,40-,41?,43+,46-,47-,48-/m1/s1. The molecule has 3 N–H and O–H groups in total. The van der Waals surface area contributed by atoms with Crippen molar-refractivity contribution in [1.82, 2.24) is 15.2 Å². The molecular weight excluding hydrogens is 857 g/mol. The summed E-state index contributed by atoms with van der Waals surface area (Å²) >= 11 is 0. The molecule has 0 radical (unpaired) electrons. The van der Waals surface area contributed by atoms with Crippen LogP contribution in [0.15, 0.2) is 35.4 Å². The van der Waals surface area contributed by atoms with Gasteiger partial charge in [-0.3, -0.25) is 9.69 Å². The van der Waals surface area contributed by atoms with Gasteiger partial charge < -0.3 is 57.7 Å². The van der Waals surface area contributed by atoms with Gasteiger partial charge in [-0.15, -0.1) is 0 Å². The average Bonchev–Trinajstić information content (AvgIpc) is 3.57. The van der Waals surface area contributed by atoms with E-state index in [4.69, 9.17) is 42.6 Å². The summed E-state index contributed by atoms with van der Waals surface area (Å²) in [6.07, 6.45) is -7.60. The molecule has 0 spiro atoms. The van der Waals surface area contributed by atoms with Crippen LogP contribution in [0.2, 0.25) is 0 Å². The molecule has 1 aromatic rings. The number of amides is 1. The maximum atomic E-state index is 14.7. The first-order valence-electron chi connectivity index (χ1n) is 23.5. The zero-order valence-electron chi connectivity index (χ0n) is 41.5. The largest absolute Gasteiger partial charge is 0.509 e. The van der Waals surface area contributed by atoms with E-state index in [1.807, 2.05) is 95.9 Å². The van der Waals surface area contributed by atoms with E-state index in [1.165, 1.54) is 7.11 Å². The summed E-state index contributed by atoms with van der Waals surface area (Å²) < 4.78 is 56.4. The number of carbonyl (C=O) groups excluding carboxylic acids is 3. The molecule has 4 aliphatic heterocycles. The fraction of sp³-hybridized carbons (Fsp3) is 0.792. The van der Waals surface area contributed by atoms with Crippen LogP contribution in [0.25, 0.3) is 0 Å². The highest BCUT2D eigenvalue weighted by molar-refractivity contribution is 5.73. The van der Waals surface area contributed by atoms with Crippen LogP contribution < -0.4 is 5.43 Å². The van der Waals surface area contributed by atoms with Crippen LogP contribution in [0.3, 0.4) is 0 Å². The van der Waals surface area contributed by atoms with Crippen LogP contribution in [0.1, 0.15) is 100 Å². The lowest BCUT2D eigenvalue weighted by Gasteiger charge is -2.49. The number of hydrogen-bond donors (Lipinski definition) is 3. The van der Waals surface area contributed by atoms with E-state index in [9.17, 15) is 24.6 Å². The quantitative estimate of drug-likeness (QED) is 0.115. The Morgan fingerprint density at radius 2 is 1.68 bits per heavy atom. The molecule has 4 aliphatic rings. The van der Waals surface area contributed by atoms with Crippen LogP contribution >= 0.6 is 0 Å². The third-order valence-electron chi connectivity index (χ3n) is 14.3. The number of carbonyl (C=O) groups is 3. The number of benzene rings is 1. The first kappa shape index (κ1) is 53.5. The highest BCUT2D eigenvalue weighted by Crippen LogP contribution is 2.42. The van der Waals surface area contributed by atoms with E-state index in [-0.39, 0.29) is 36.9 Å². The number of nitrogens with zero attached hydrogens (tertiary/aromatic N) is 3. The van der Waals surface area contributed by atoms with Gasteiger partial charge in [-0.05, 0) is 100 Å². The molecule has 4 fully saturated rings. The monoisotopic (exact) mass is 935 g/mol. The topological polar surface area (TPSA) is 206 Å². The number of methoxy groups -OCH3 is 1. The van der Waals surface area contributed by atoms with E-state index in [0.717, 1.165) is 5.56 Å². The minimum absolute atomic E-state index is 0.0499. The van der Waals surface area contributed by atoms with Crippen molar-refractivity contribution in [3.05, 3.63) is 35.9 Å². The van der Waals surface area contributed by atoms with Crippen molar-refractivity contribution >= 4 is 24.4 Å². The zero-order chi connectivity index (χ0) is 48.9. The van der Waals surface area contributed by atoms with Crippen molar-refractivity contribution in [3.63, 3.8) is 0 Å². The number of hydrogen-bond acceptors (Lipinski definition) is 17. The molecule has 374 valence electrons. The summed E-state index contributed by atoms with van der Waals surface area (Å²) in [5, 5.41) is 28.5. The zero-order valence-corrected chi connectivity index (χ0v) is 41.5. The van der Waals surface area contributed by atoms with Crippen molar-refractivity contribution in [2.45, 2.75) is 192 Å². The third-order valence-corrected chi connectivity index (χ3v) is 14.3. The Balaban J connectivity index is 1.49. The highest BCUT2D eigenvalue weighted by Gasteiger charge is 2.58. The van der Waals surface area contributed by atoms with Gasteiger partial charge in [0.15, 0.2) is 30.4 Å². The van der Waals surface area contributed by atoms with Gasteiger partial charge in [0.1, 0.15) is 17.8 Å². The van der Waals surface area contributed by atoms with Crippen LogP contribution in [-0.2, 0) is 53.8 Å². The SMILES string of the molecule is CC[C@H]1OC(=O)[C@H](C)[C@@H](O[C@H]2C[C@@](C)(OC)C(OC(=O)N/N=C/Cc3ccccc3)[C@H](C)O2)[C@H](C)[C@@H](O[C@@H]2O[C@H](C)C[C@H](N(C)C)[C@H]2O)[C@](C)(O)C[C@@H](C)CN(C)[C@H](C)[C@H]2OC(=O)O[C@@]21C. The predicted molar refractivity (Wildman–Crippen MR) is 243 cm³/mol. The number of cyclic esters (lactones) is 1. The van der Waals surface area contributed by atoms with Crippen LogP contribution in [-0.4, -0.2) is 170 Å². The second kappa shape index (κ2) is 22.3. The van der Waals surface area contributed by atoms with E-state index in [1.54, 1.807) is 40.8 Å². The Kier molecular flexibility index (Phi) is 18.1. The number of nitrogens with one attached hydrogen (secondary N) is 1. The maximum absolute atomic E-state index is 14.7. The van der Waals surface area contributed by atoms with Gasteiger partial charge in [0.25, 0.3) is 0 Å². The van der Waals surface area contributed by atoms with Gasteiger partial charge in [-0.25, -0.2) is 15.0 Å². The second-order valence-corrected chi connectivity index (χ2v) is 20.1. The number of rotatable bonds is 11. The Morgan fingerprint density at radius 3 is 2.32 bits per heavy atom. The molecule has 18 atom stereocenters. The van der Waals surface area contributed by atoms with E-state index in [0.29, 0.717) is 25.8 Å². The van der Waals surface area contributed by atoms with Crippen molar-refractivity contribution in [2.75, 3.05) is 34.8 Å². The molecule has 4 heterocycles. The Bertz CT molecular complexity index is 1790. The minimum atomic E-state index is -1.60. The maximum Gasteiger partial charge on any atom is 0.509 e. The average molecular weight is 935 g/mol. The number of likely N-dealkylation sites (N-methyl/N-ethyl adjacent to an activating group) is 2. The Hall–Kier alpha value is -3.46. The summed E-state index contributed by atoms with van der Waals surface area (Å²) in [5.74, 6) is -2.68. The molecule has 4 saturated heterocycles. The van der Waals surface area contributed by atoms with Gasteiger partial charge in [0.05, 0.1) is 35.9 Å². The summed E-state index contributed by atoms with van der Waals surface area (Å²) in [5.41, 5.74) is -0.652. The van der Waals surface area contributed by atoms with Gasteiger partial charge in [0, 0.05) is 50.7 Å². The highest BCUT2D eigenvalue weighted by atomic mass is 16.8. The predicted octanol–water partition coefficient (Wildman–Crippen LogP) is 5.05. The fourth-order valence-corrected chi connectivity index (χ4v) is 10.6. The third kappa shape index (κ3) is 12.4. The fourth-order valence-electron chi connectivity index (χ4n) is 10.6. The van der Waals surface area contributed by atoms with E-state index < -0.39 is 102 Å². The molecule has 0 aromatic heterocycles. The molecule has 0 aliphatic carbocycles. The van der Waals surface area contributed by atoms with Crippen molar-refractivity contribution in [1.29, 1.82) is 0 Å². The van der Waals surface area contributed by atoms with Crippen molar-refractivity contribution in [2.24, 2.45) is 22.9 Å². The van der Waals surface area contributed by atoms with Crippen LogP contribution in [0.4, 0.5) is 9.59 Å². The van der Waals surface area contributed by atoms with Gasteiger partial charge in [-0.2, -0.15) is 5.10 Å². The van der Waals surface area contributed by atoms with Gasteiger partial charge >= 0.3 is 18.2 Å². The molecule has 66 heavy (non-hydrogen) atoms. The molecule has 0 bridgehead atoms. The van der Waals surface area contributed by atoms with Crippen LogP contribution in [0, 0.1) is 17.8 Å². The molecule has 18 heteroatoms. The molecule has 1 aromatic carbocycles. The number of ether oxygens (including phenoxy) is 9.